The molecule has 4 amide bonds. The van der Waals surface area contributed by atoms with Crippen LogP contribution in [-0.2, 0) is 4.74 Å². The molecule has 0 bridgehead atoms. The number of anilines is 4. The van der Waals surface area contributed by atoms with Crippen LogP contribution in [0.2, 0.25) is 0 Å². The van der Waals surface area contributed by atoms with E-state index in [0.717, 1.165) is 134 Å². The van der Waals surface area contributed by atoms with E-state index in [4.69, 9.17) is 24.7 Å². The van der Waals surface area contributed by atoms with Crippen LogP contribution in [0, 0.1) is 0 Å². The Balaban J connectivity index is 0.000000119. The molecule has 4 saturated carbocycles. The Hall–Kier alpha value is -14.8. The summed E-state index contributed by atoms with van der Waals surface area (Å²) in [7, 11) is 6.73. The third-order valence-electron chi connectivity index (χ3n) is 20.4. The number of thiophene rings is 4. The number of imidazole rings is 4. The number of hydrogen-bond acceptors (Lipinski definition) is 25. The van der Waals surface area contributed by atoms with Crippen molar-refractivity contribution in [2.75, 3.05) is 75.9 Å². The number of amides is 4. The van der Waals surface area contributed by atoms with Gasteiger partial charge in [0.25, 0.3) is 23.6 Å². The summed E-state index contributed by atoms with van der Waals surface area (Å²) >= 11 is 5.47. The second-order valence-electron chi connectivity index (χ2n) is 30.6. The van der Waals surface area contributed by atoms with Crippen LogP contribution in [0.1, 0.15) is 119 Å². The van der Waals surface area contributed by atoms with E-state index in [9.17, 15) is 42.7 Å². The summed E-state index contributed by atoms with van der Waals surface area (Å²) in [5.41, 5.74) is 7.15. The van der Waals surface area contributed by atoms with E-state index in [-0.39, 0.29) is 52.9 Å². The maximum absolute atomic E-state index is 12.5. The number of nitrogens with zero attached hydrogens (tertiary/aromatic N) is 13. The largest absolute Gasteiger partial charge is 0.385 e. The van der Waals surface area contributed by atoms with Crippen molar-refractivity contribution in [3.8, 4) is 42.3 Å². The Labute approximate surface area is 732 Å². The monoisotopic (exact) mass is 1790 g/mol. The van der Waals surface area contributed by atoms with Gasteiger partial charge in [-0.2, -0.15) is 38.5 Å². The third kappa shape index (κ3) is 19.5. The Bertz CT molecular complexity index is 7690. The molecule has 0 aliphatic heterocycles. The molecule has 0 atom stereocenters. The van der Waals surface area contributed by atoms with Crippen LogP contribution in [-0.4, -0.2) is 206 Å². The van der Waals surface area contributed by atoms with Crippen LogP contribution in [0.15, 0.2) is 117 Å². The summed E-state index contributed by atoms with van der Waals surface area (Å²) in [4.78, 5) is 143. The first kappa shape index (κ1) is 84.5. The van der Waals surface area contributed by atoms with Crippen LogP contribution < -0.4 is 103 Å². The first-order valence-electron chi connectivity index (χ1n) is 40.5. The number of nitrogens with one attached hydrogen (secondary N) is 15. The van der Waals surface area contributed by atoms with E-state index in [1.165, 1.54) is 45.3 Å². The molecular formula is C85H85FN28O9S4. The van der Waals surface area contributed by atoms with Gasteiger partial charge in [0.05, 0.1) is 129 Å². The number of methoxy groups -OCH3 is 1. The second-order valence-corrected chi connectivity index (χ2v) is 34.9. The zero-order valence-corrected chi connectivity index (χ0v) is 72.1. The fourth-order valence-electron chi connectivity index (χ4n) is 13.3. The molecule has 4 aliphatic rings. The van der Waals surface area contributed by atoms with Crippen molar-refractivity contribution in [2.45, 2.75) is 82.0 Å². The highest BCUT2D eigenvalue weighted by atomic mass is 32.1. The van der Waals surface area contributed by atoms with Crippen molar-refractivity contribution in [2.24, 2.45) is 0 Å². The number of carbonyl (C=O) groups is 4. The standard InChI is InChI=1S/C23H25N7O3S.C21H20FN7O2S.C21H21N7O2S.C20H19N7O2S/c1-13-16(29-23(32)26-13)10-14-12-25-30-20(27-15-4-5-15)11-17(28-21(14)30)18-6-7-19(34-18)22(31)24-8-3-9-33-2;1-11-14(28-21(31)25-11)8-12-10-24-29-18(26-13-2-3-13)9-15(27-19(12)29)16-4-5-17(32-16)20(30)23-7-6-22;1-11-14(26-21(30)23-11)8-12-10-22-28-18(24-13-4-5-13)9-15(25-19(12)28)16-6-7-17(31-16)20(29)27(2)3;1-10-13(26-20(29)23-10)7-11-9-22-27-17(24-12-3-4-12)8-14(25-18(11)27)15-5-6-16(30-15)19(28)21-2/h6-7,10-12,15,27H,1,3-5,8-9H2,2H3,(H,24,31)(H2,26,29,32);4-5,8-10,13,26H,1-3,6-7H2,(H,23,30)(H2,25,28,31);6-10,13,24H,1,4-5H2,2-3H3,(H2,23,26,30);5-9,12,24H,1,3-4H2,2H3,(H,21,28)(H2,23,26,29)/b16-10-;2*14-8-;13-7-. The zero-order valence-electron chi connectivity index (χ0n) is 68.9. The summed E-state index contributed by atoms with van der Waals surface area (Å²) in [5.74, 6) is 2.72. The summed E-state index contributed by atoms with van der Waals surface area (Å²) in [6.45, 7) is 15.9. The summed E-state index contributed by atoms with van der Waals surface area (Å²) in [6, 6.07) is 24.1. The number of carbonyl (C=O) groups excluding carboxylic acids is 4. The predicted octanol–water partition coefficient (Wildman–Crippen LogP) is 3.68. The molecule has 42 heteroatoms. The minimum absolute atomic E-state index is 0.0176. The topological polar surface area (TPSA) is 480 Å². The fraction of sp³-hybridized carbons (Fsp3) is 0.247. The zero-order chi connectivity index (χ0) is 88.4. The summed E-state index contributed by atoms with van der Waals surface area (Å²) < 4.78 is 24.4. The molecular weight excluding hydrogens is 1700 g/mol. The van der Waals surface area contributed by atoms with E-state index < -0.39 is 6.67 Å². The average molecular weight is 1790 g/mol. The van der Waals surface area contributed by atoms with Gasteiger partial charge in [-0.25, -0.2) is 43.5 Å². The average Bonchev–Trinajstić information content (AvgIpc) is 1.64. The highest BCUT2D eigenvalue weighted by Gasteiger charge is 2.29. The third-order valence-corrected chi connectivity index (χ3v) is 24.8. The van der Waals surface area contributed by atoms with Gasteiger partial charge in [-0.15, -0.1) is 45.3 Å². The lowest BCUT2D eigenvalue weighted by Gasteiger charge is -2.09. The van der Waals surface area contributed by atoms with Gasteiger partial charge in [0.1, 0.15) is 29.9 Å². The van der Waals surface area contributed by atoms with Crippen molar-refractivity contribution in [3.63, 3.8) is 0 Å². The SMILES string of the molecule is C=c1[nH]c(=O)[nH]/c1=C\c1cnn2c(NC3CC3)cc(-c3ccc(C(=O)N(C)C)s3)nc12.C=c1[nH]c(=O)[nH]/c1=C\c1cnn2c(NC3CC3)cc(-c3ccc(C(=O)NC)s3)nc12.C=c1[nH]c(=O)[nH]/c1=C\c1cnn2c(NC3CC3)cc(-c3ccc(C(=O)NCCCOC)s3)nc12.C=c1[nH]c(=O)[nH]/c1=C\c1cnn2c(NC3CC3)cc(-c3ccc(C(=O)NCCF)s3)nc12. The van der Waals surface area contributed by atoms with Gasteiger partial charge in [0.15, 0.2) is 22.6 Å². The van der Waals surface area contributed by atoms with E-state index >= 15 is 0 Å². The van der Waals surface area contributed by atoms with Gasteiger partial charge < -0.3 is 86.7 Å². The Morgan fingerprint density at radius 1 is 0.441 bits per heavy atom. The maximum atomic E-state index is 12.5. The molecule has 16 aromatic heterocycles. The van der Waals surface area contributed by atoms with Gasteiger partial charge >= 0.3 is 22.8 Å². The quantitative estimate of drug-likeness (QED) is 0.0344. The number of aromatic amines is 8. The molecule has 0 aromatic carbocycles. The number of hydrogen-bond donors (Lipinski definition) is 15. The molecule has 16 aromatic rings. The smallest absolute Gasteiger partial charge is 0.323 e. The molecule has 16 heterocycles. The van der Waals surface area contributed by atoms with Gasteiger partial charge in [-0.3, -0.25) is 19.2 Å². The van der Waals surface area contributed by atoms with Crippen LogP contribution >= 0.6 is 45.3 Å². The first-order chi connectivity index (χ1) is 61.4. The minimum atomic E-state index is -0.611. The van der Waals surface area contributed by atoms with Crippen molar-refractivity contribution in [1.82, 2.24) is 119 Å². The number of fused-ring (bicyclic) bond motifs is 4. The van der Waals surface area contributed by atoms with Crippen molar-refractivity contribution < 1.29 is 28.3 Å². The van der Waals surface area contributed by atoms with Crippen LogP contribution in [0.3, 0.4) is 0 Å². The van der Waals surface area contributed by atoms with Crippen molar-refractivity contribution >= 4 is 165 Å². The Morgan fingerprint density at radius 3 is 0.984 bits per heavy atom. The molecule has 4 aliphatic carbocycles. The number of H-pyrrole nitrogens is 8. The molecule has 37 nitrogen and oxygen atoms in total. The normalized spacial score (nSPS) is 14.2. The Kier molecular flexibility index (Phi) is 24.1. The van der Waals surface area contributed by atoms with E-state index in [2.05, 4.69) is 124 Å². The van der Waals surface area contributed by atoms with Gasteiger partial charge in [0, 0.05) is 119 Å². The number of ether oxygens (including phenoxy) is 1. The molecule has 127 heavy (non-hydrogen) atoms. The predicted molar refractivity (Wildman–Crippen MR) is 489 cm³/mol. The Morgan fingerprint density at radius 2 is 0.724 bits per heavy atom. The van der Waals surface area contributed by atoms with Crippen molar-refractivity contribution in [1.29, 1.82) is 0 Å². The number of halogens is 1. The highest BCUT2D eigenvalue weighted by Crippen LogP contribution is 2.38. The highest BCUT2D eigenvalue weighted by molar-refractivity contribution is 7.18. The fourth-order valence-corrected chi connectivity index (χ4v) is 17.0. The van der Waals surface area contributed by atoms with Gasteiger partial charge in [0.2, 0.25) is 0 Å². The molecule has 0 spiro atoms. The van der Waals surface area contributed by atoms with E-state index in [1.54, 1.807) is 112 Å². The summed E-state index contributed by atoms with van der Waals surface area (Å²) in [5, 5.41) is 44.3. The van der Waals surface area contributed by atoms with Crippen molar-refractivity contribution in [3.05, 3.63) is 224 Å². The molecule has 0 saturated heterocycles. The lowest BCUT2D eigenvalue weighted by molar-refractivity contribution is 0.0831. The lowest BCUT2D eigenvalue weighted by atomic mass is 10.2. The first-order valence-corrected chi connectivity index (χ1v) is 43.7. The lowest BCUT2D eigenvalue weighted by Crippen LogP contribution is -2.24. The molecule has 20 rings (SSSR count). The van der Waals surface area contributed by atoms with E-state index in [1.807, 2.05) is 60.7 Å². The molecule has 0 unspecified atom stereocenters. The molecule has 650 valence electrons. The molecule has 4 fully saturated rings. The summed E-state index contributed by atoms with van der Waals surface area (Å²) in [6.07, 6.45) is 23.6. The van der Waals surface area contributed by atoms with Crippen LogP contribution in [0.4, 0.5) is 27.7 Å². The van der Waals surface area contributed by atoms with Gasteiger partial charge in [-0.05, 0) is 131 Å². The minimum Gasteiger partial charge on any atom is -0.385 e. The number of aromatic nitrogens is 20. The van der Waals surface area contributed by atoms with Gasteiger partial charge in [-0.1, -0.05) is 26.3 Å². The van der Waals surface area contributed by atoms with E-state index in [0.29, 0.717) is 133 Å². The number of alkyl halides is 1. The van der Waals surface area contributed by atoms with Crippen LogP contribution in [0.5, 0.6) is 0 Å². The second kappa shape index (κ2) is 36.2. The number of rotatable bonds is 26. The van der Waals surface area contributed by atoms with Crippen LogP contribution in [0.25, 0.3) is 115 Å². The maximum Gasteiger partial charge on any atom is 0.323 e. The molecule has 0 radical (unpaired) electrons. The molecule has 15 N–H and O–H groups in total.